The van der Waals surface area contributed by atoms with Crippen molar-refractivity contribution in [1.29, 1.82) is 0 Å². The molecule has 130 valence electrons. The Labute approximate surface area is 137 Å². The molecule has 2 rings (SSSR count). The Morgan fingerprint density at radius 2 is 2.04 bits per heavy atom. The number of hydrogen-bond acceptors (Lipinski definition) is 4. The molecule has 1 aliphatic carbocycles. The van der Waals surface area contributed by atoms with Gasteiger partial charge in [0.05, 0.1) is 6.54 Å². The van der Waals surface area contributed by atoms with Crippen LogP contribution in [0.15, 0.2) is 5.38 Å². The van der Waals surface area contributed by atoms with E-state index in [1.165, 1.54) is 11.3 Å². The van der Waals surface area contributed by atoms with Crippen LogP contribution in [0.1, 0.15) is 49.2 Å². The fraction of sp³-hybridized carbons (Fsp3) is 0.733. The molecular formula is C15H22F3N3OS. The molecule has 0 atom stereocenters. The van der Waals surface area contributed by atoms with Crippen molar-refractivity contribution in [3.05, 3.63) is 16.1 Å². The first-order valence-electron chi connectivity index (χ1n) is 7.71. The van der Waals surface area contributed by atoms with E-state index in [0.717, 1.165) is 42.4 Å². The maximum absolute atomic E-state index is 12.6. The third kappa shape index (κ3) is 4.67. The Balaban J connectivity index is 1.95. The van der Waals surface area contributed by atoms with Crippen LogP contribution >= 0.6 is 11.3 Å². The molecule has 23 heavy (non-hydrogen) atoms. The number of carbonyl (C=O) groups is 1. The van der Waals surface area contributed by atoms with Crippen molar-refractivity contribution in [2.75, 3.05) is 13.6 Å². The summed E-state index contributed by atoms with van der Waals surface area (Å²) >= 11 is 0.923. The number of halogens is 3. The predicted octanol–water partition coefficient (Wildman–Crippen LogP) is 3.42. The van der Waals surface area contributed by atoms with Gasteiger partial charge in [0.15, 0.2) is 5.69 Å². The van der Waals surface area contributed by atoms with E-state index in [1.807, 2.05) is 0 Å². The average molecular weight is 349 g/mol. The minimum absolute atomic E-state index is 0.0823. The van der Waals surface area contributed by atoms with Gasteiger partial charge < -0.3 is 10.6 Å². The Hall–Kier alpha value is -1.15. The van der Waals surface area contributed by atoms with Crippen molar-refractivity contribution in [3.8, 4) is 0 Å². The number of thiazole rings is 1. The van der Waals surface area contributed by atoms with Gasteiger partial charge in [-0.2, -0.15) is 13.2 Å². The Kier molecular flexibility index (Phi) is 5.67. The van der Waals surface area contributed by atoms with Gasteiger partial charge in [0.1, 0.15) is 5.01 Å². The average Bonchev–Trinajstić information content (AvgIpc) is 2.97. The Morgan fingerprint density at radius 3 is 2.57 bits per heavy atom. The van der Waals surface area contributed by atoms with Crippen LogP contribution in [0.4, 0.5) is 13.2 Å². The summed E-state index contributed by atoms with van der Waals surface area (Å²) in [5.41, 5.74) is 4.84. The van der Waals surface area contributed by atoms with Crippen LogP contribution in [0.2, 0.25) is 0 Å². The molecule has 1 aliphatic rings. The molecule has 0 bridgehead atoms. The molecule has 1 heterocycles. The number of nitrogens with zero attached hydrogens (tertiary/aromatic N) is 2. The second kappa shape index (κ2) is 7.17. The molecule has 0 unspecified atom stereocenters. The van der Waals surface area contributed by atoms with Gasteiger partial charge in [0, 0.05) is 18.8 Å². The maximum Gasteiger partial charge on any atom is 0.434 e. The van der Waals surface area contributed by atoms with Crippen LogP contribution in [0.25, 0.3) is 0 Å². The van der Waals surface area contributed by atoms with E-state index in [0.29, 0.717) is 18.0 Å². The number of carbonyl (C=O) groups excluding carboxylic acids is 1. The molecule has 0 saturated heterocycles. The molecular weight excluding hydrogens is 327 g/mol. The van der Waals surface area contributed by atoms with Gasteiger partial charge in [-0.15, -0.1) is 11.3 Å². The second-order valence-corrected chi connectivity index (χ2v) is 7.26. The molecule has 1 fully saturated rings. The molecule has 1 aromatic rings. The third-order valence-electron chi connectivity index (χ3n) is 4.51. The molecule has 1 saturated carbocycles. The highest BCUT2D eigenvalue weighted by molar-refractivity contribution is 7.09. The Morgan fingerprint density at radius 1 is 1.39 bits per heavy atom. The SMILES string of the molecule is CN(Cc1nc(C(F)(F)F)cs1)C(=O)CC1(CN)CCCCC1. The standard InChI is InChI=1S/C15H22F3N3OS/c1-21(8-12-20-11(9-23-12)15(16,17)18)13(22)7-14(10-19)5-3-2-4-6-14/h9H,2-8,10,19H2,1H3. The maximum atomic E-state index is 12.6. The molecule has 0 aliphatic heterocycles. The summed E-state index contributed by atoms with van der Waals surface area (Å²) in [6.45, 7) is 0.572. The van der Waals surface area contributed by atoms with E-state index in [9.17, 15) is 18.0 Å². The lowest BCUT2D eigenvalue weighted by atomic mass is 9.71. The minimum Gasteiger partial charge on any atom is -0.339 e. The lowest BCUT2D eigenvalue weighted by molar-refractivity contribution is -0.140. The lowest BCUT2D eigenvalue weighted by Gasteiger charge is -2.36. The highest BCUT2D eigenvalue weighted by Crippen LogP contribution is 2.39. The molecule has 4 nitrogen and oxygen atoms in total. The fourth-order valence-corrected chi connectivity index (χ4v) is 3.87. The topological polar surface area (TPSA) is 59.2 Å². The second-order valence-electron chi connectivity index (χ2n) is 6.32. The van der Waals surface area contributed by atoms with Crippen molar-refractivity contribution < 1.29 is 18.0 Å². The van der Waals surface area contributed by atoms with E-state index in [-0.39, 0.29) is 17.9 Å². The first kappa shape index (κ1) is 18.2. The smallest absolute Gasteiger partial charge is 0.339 e. The largest absolute Gasteiger partial charge is 0.434 e. The summed E-state index contributed by atoms with van der Waals surface area (Å²) in [4.78, 5) is 17.4. The van der Waals surface area contributed by atoms with Gasteiger partial charge in [-0.05, 0) is 24.8 Å². The van der Waals surface area contributed by atoms with Crippen molar-refractivity contribution in [2.24, 2.45) is 11.1 Å². The highest BCUT2D eigenvalue weighted by Gasteiger charge is 2.35. The summed E-state index contributed by atoms with van der Waals surface area (Å²) in [6.07, 6.45) is 1.13. The first-order valence-corrected chi connectivity index (χ1v) is 8.59. The van der Waals surface area contributed by atoms with Crippen LogP contribution in [0.3, 0.4) is 0 Å². The minimum atomic E-state index is -4.44. The van der Waals surface area contributed by atoms with Crippen LogP contribution in [-0.2, 0) is 17.5 Å². The van der Waals surface area contributed by atoms with Gasteiger partial charge in [0.25, 0.3) is 0 Å². The van der Waals surface area contributed by atoms with E-state index >= 15 is 0 Å². The molecule has 0 aromatic carbocycles. The summed E-state index contributed by atoms with van der Waals surface area (Å²) in [6, 6.07) is 0. The number of alkyl halides is 3. The van der Waals surface area contributed by atoms with Gasteiger partial charge in [-0.1, -0.05) is 19.3 Å². The van der Waals surface area contributed by atoms with E-state index < -0.39 is 11.9 Å². The summed E-state index contributed by atoms with van der Waals surface area (Å²) in [5, 5.41) is 1.27. The summed E-state index contributed by atoms with van der Waals surface area (Å²) < 4.78 is 37.7. The van der Waals surface area contributed by atoms with Crippen LogP contribution < -0.4 is 5.73 Å². The zero-order valence-corrected chi connectivity index (χ0v) is 14.0. The Bertz CT molecular complexity index is 538. The van der Waals surface area contributed by atoms with Gasteiger partial charge >= 0.3 is 6.18 Å². The zero-order valence-electron chi connectivity index (χ0n) is 13.2. The van der Waals surface area contributed by atoms with Crippen LogP contribution in [0, 0.1) is 5.41 Å². The van der Waals surface area contributed by atoms with Crippen LogP contribution in [-0.4, -0.2) is 29.4 Å². The van der Waals surface area contributed by atoms with E-state index in [4.69, 9.17) is 5.73 Å². The number of hydrogen-bond donors (Lipinski definition) is 1. The highest BCUT2D eigenvalue weighted by atomic mass is 32.1. The number of aromatic nitrogens is 1. The number of rotatable bonds is 5. The third-order valence-corrected chi connectivity index (χ3v) is 5.35. The summed E-state index contributed by atoms with van der Waals surface area (Å²) in [7, 11) is 1.60. The van der Waals surface area contributed by atoms with Crippen molar-refractivity contribution >= 4 is 17.2 Å². The predicted molar refractivity (Wildman–Crippen MR) is 82.8 cm³/mol. The van der Waals surface area contributed by atoms with Crippen molar-refractivity contribution in [3.63, 3.8) is 0 Å². The zero-order chi connectivity index (χ0) is 17.1. The van der Waals surface area contributed by atoms with E-state index in [2.05, 4.69) is 4.98 Å². The van der Waals surface area contributed by atoms with Crippen LogP contribution in [0.5, 0.6) is 0 Å². The van der Waals surface area contributed by atoms with Gasteiger partial charge in [0.2, 0.25) is 5.91 Å². The molecule has 1 amide bonds. The lowest BCUT2D eigenvalue weighted by Crippen LogP contribution is -2.39. The van der Waals surface area contributed by atoms with Crippen molar-refractivity contribution in [2.45, 2.75) is 51.2 Å². The molecule has 2 N–H and O–H groups in total. The molecule has 1 aromatic heterocycles. The molecule has 8 heteroatoms. The normalized spacial score (nSPS) is 18.0. The molecule has 0 radical (unpaired) electrons. The monoisotopic (exact) mass is 349 g/mol. The first-order chi connectivity index (χ1) is 10.8. The van der Waals surface area contributed by atoms with Gasteiger partial charge in [-0.25, -0.2) is 4.98 Å². The summed E-state index contributed by atoms with van der Waals surface area (Å²) in [5.74, 6) is -0.0823. The number of amides is 1. The van der Waals surface area contributed by atoms with Gasteiger partial charge in [-0.3, -0.25) is 4.79 Å². The van der Waals surface area contributed by atoms with Crippen molar-refractivity contribution in [1.82, 2.24) is 9.88 Å². The quantitative estimate of drug-likeness (QED) is 0.886. The molecule has 0 spiro atoms. The fourth-order valence-electron chi connectivity index (χ4n) is 3.02. The number of nitrogens with two attached hydrogens (primary N) is 1. The van der Waals surface area contributed by atoms with E-state index in [1.54, 1.807) is 7.05 Å².